The first kappa shape index (κ1) is 17.6. The molecule has 0 aliphatic carbocycles. The van der Waals surface area contributed by atoms with E-state index in [2.05, 4.69) is 20.6 Å². The number of anilines is 1. The standard InChI is InChI=1S/C17H21FN4.ClH/c1-12-21-16(14-5-7-19-8-6-14)10-17(22-12)20-11-13-3-2-4-15(18)9-13;/h2-4,9-10,14,19H,5-8,11H2,1H3,(H,20,21,22);1H. The van der Waals surface area contributed by atoms with Crippen LogP contribution in [0.2, 0.25) is 0 Å². The number of benzene rings is 1. The van der Waals surface area contributed by atoms with E-state index in [-0.39, 0.29) is 18.2 Å². The lowest BCUT2D eigenvalue weighted by Gasteiger charge is -2.22. The van der Waals surface area contributed by atoms with Crippen LogP contribution in [0, 0.1) is 12.7 Å². The second-order valence-corrected chi connectivity index (χ2v) is 5.73. The minimum absolute atomic E-state index is 0. The predicted octanol–water partition coefficient (Wildman–Crippen LogP) is 3.43. The van der Waals surface area contributed by atoms with Crippen molar-refractivity contribution < 1.29 is 4.39 Å². The summed E-state index contributed by atoms with van der Waals surface area (Å²) >= 11 is 0. The van der Waals surface area contributed by atoms with Gasteiger partial charge in [0.25, 0.3) is 0 Å². The number of piperidine rings is 1. The second-order valence-electron chi connectivity index (χ2n) is 5.73. The van der Waals surface area contributed by atoms with Crippen LogP contribution in [0.5, 0.6) is 0 Å². The fraction of sp³-hybridized carbons (Fsp3) is 0.412. The van der Waals surface area contributed by atoms with Gasteiger partial charge in [-0.3, -0.25) is 0 Å². The van der Waals surface area contributed by atoms with Crippen molar-refractivity contribution in [2.75, 3.05) is 18.4 Å². The quantitative estimate of drug-likeness (QED) is 0.898. The topological polar surface area (TPSA) is 49.8 Å². The van der Waals surface area contributed by atoms with Gasteiger partial charge in [-0.05, 0) is 50.6 Å². The Kier molecular flexibility index (Phi) is 6.30. The Hall–Kier alpha value is -1.72. The number of nitrogens with zero attached hydrogens (tertiary/aromatic N) is 2. The summed E-state index contributed by atoms with van der Waals surface area (Å²) < 4.78 is 13.2. The summed E-state index contributed by atoms with van der Waals surface area (Å²) in [5.74, 6) is 1.87. The largest absolute Gasteiger partial charge is 0.366 e. The van der Waals surface area contributed by atoms with Crippen LogP contribution in [-0.2, 0) is 6.54 Å². The third-order valence-corrected chi connectivity index (χ3v) is 3.98. The number of nitrogens with one attached hydrogen (secondary N) is 2. The van der Waals surface area contributed by atoms with Crippen molar-refractivity contribution in [1.29, 1.82) is 0 Å². The van der Waals surface area contributed by atoms with E-state index >= 15 is 0 Å². The molecular formula is C17H22ClFN4. The molecule has 0 atom stereocenters. The Morgan fingerprint density at radius 2 is 2.00 bits per heavy atom. The van der Waals surface area contributed by atoms with Crippen LogP contribution >= 0.6 is 12.4 Å². The normalized spacial score (nSPS) is 15.0. The SMILES string of the molecule is Cc1nc(NCc2cccc(F)c2)cc(C2CCNCC2)n1.Cl. The predicted molar refractivity (Wildman–Crippen MR) is 92.6 cm³/mol. The lowest BCUT2D eigenvalue weighted by molar-refractivity contribution is 0.452. The molecule has 1 aliphatic rings. The van der Waals surface area contributed by atoms with E-state index in [4.69, 9.17) is 0 Å². The second kappa shape index (κ2) is 8.22. The lowest BCUT2D eigenvalue weighted by atomic mass is 9.94. The van der Waals surface area contributed by atoms with Gasteiger partial charge in [0.2, 0.25) is 0 Å². The molecule has 2 N–H and O–H groups in total. The molecule has 3 rings (SSSR count). The first-order valence-electron chi connectivity index (χ1n) is 7.75. The van der Waals surface area contributed by atoms with Gasteiger partial charge >= 0.3 is 0 Å². The van der Waals surface area contributed by atoms with E-state index in [1.165, 1.54) is 12.1 Å². The summed E-state index contributed by atoms with van der Waals surface area (Å²) in [7, 11) is 0. The number of aryl methyl sites for hydroxylation is 1. The maximum atomic E-state index is 13.2. The molecule has 1 aromatic heterocycles. The van der Waals surface area contributed by atoms with Gasteiger partial charge in [-0.2, -0.15) is 0 Å². The fourth-order valence-electron chi connectivity index (χ4n) is 2.85. The van der Waals surface area contributed by atoms with Gasteiger partial charge in [-0.1, -0.05) is 12.1 Å². The van der Waals surface area contributed by atoms with Crippen LogP contribution in [-0.4, -0.2) is 23.1 Å². The van der Waals surface area contributed by atoms with Crippen LogP contribution in [0.1, 0.15) is 35.8 Å². The lowest BCUT2D eigenvalue weighted by Crippen LogP contribution is -2.27. The summed E-state index contributed by atoms with van der Waals surface area (Å²) in [5, 5.41) is 6.65. The zero-order valence-corrected chi connectivity index (χ0v) is 14.0. The molecule has 4 nitrogen and oxygen atoms in total. The zero-order chi connectivity index (χ0) is 15.4. The first-order valence-corrected chi connectivity index (χ1v) is 7.75. The van der Waals surface area contributed by atoms with Gasteiger partial charge in [0, 0.05) is 24.2 Å². The minimum Gasteiger partial charge on any atom is -0.366 e. The molecule has 1 aromatic carbocycles. The Bertz CT molecular complexity index is 644. The maximum Gasteiger partial charge on any atom is 0.130 e. The molecule has 2 heterocycles. The van der Waals surface area contributed by atoms with Crippen molar-refractivity contribution in [3.63, 3.8) is 0 Å². The summed E-state index contributed by atoms with van der Waals surface area (Å²) in [6.07, 6.45) is 2.22. The Morgan fingerprint density at radius 3 is 2.74 bits per heavy atom. The molecular weight excluding hydrogens is 315 g/mol. The summed E-state index contributed by atoms with van der Waals surface area (Å²) in [6.45, 7) is 4.55. The Morgan fingerprint density at radius 1 is 1.22 bits per heavy atom. The molecule has 0 unspecified atom stereocenters. The van der Waals surface area contributed by atoms with Gasteiger partial charge in [0.05, 0.1) is 0 Å². The summed E-state index contributed by atoms with van der Waals surface area (Å²) in [6, 6.07) is 8.64. The molecule has 0 spiro atoms. The molecule has 23 heavy (non-hydrogen) atoms. The molecule has 2 aromatic rings. The smallest absolute Gasteiger partial charge is 0.130 e. The van der Waals surface area contributed by atoms with E-state index < -0.39 is 0 Å². The zero-order valence-electron chi connectivity index (χ0n) is 13.2. The van der Waals surface area contributed by atoms with E-state index in [1.807, 2.05) is 19.1 Å². The van der Waals surface area contributed by atoms with Crippen molar-refractivity contribution in [3.05, 3.63) is 53.2 Å². The fourth-order valence-corrected chi connectivity index (χ4v) is 2.85. The molecule has 0 bridgehead atoms. The number of rotatable bonds is 4. The van der Waals surface area contributed by atoms with Gasteiger partial charge in [-0.25, -0.2) is 14.4 Å². The number of aromatic nitrogens is 2. The average molecular weight is 337 g/mol. The van der Waals surface area contributed by atoms with Crippen molar-refractivity contribution in [2.45, 2.75) is 32.2 Å². The Labute approximate surface area is 142 Å². The van der Waals surface area contributed by atoms with Gasteiger partial charge in [0.15, 0.2) is 0 Å². The highest BCUT2D eigenvalue weighted by molar-refractivity contribution is 5.85. The van der Waals surface area contributed by atoms with Crippen molar-refractivity contribution in [3.8, 4) is 0 Å². The van der Waals surface area contributed by atoms with E-state index in [0.717, 1.165) is 48.8 Å². The van der Waals surface area contributed by atoms with Gasteiger partial charge in [-0.15, -0.1) is 12.4 Å². The summed E-state index contributed by atoms with van der Waals surface area (Å²) in [4.78, 5) is 9.02. The van der Waals surface area contributed by atoms with Crippen LogP contribution in [0.25, 0.3) is 0 Å². The third-order valence-electron chi connectivity index (χ3n) is 3.98. The van der Waals surface area contributed by atoms with Crippen molar-refractivity contribution in [1.82, 2.24) is 15.3 Å². The van der Waals surface area contributed by atoms with Crippen molar-refractivity contribution >= 4 is 18.2 Å². The molecule has 0 amide bonds. The molecule has 1 saturated heterocycles. The monoisotopic (exact) mass is 336 g/mol. The molecule has 1 fully saturated rings. The summed E-state index contributed by atoms with van der Waals surface area (Å²) in [5.41, 5.74) is 2.01. The highest BCUT2D eigenvalue weighted by Crippen LogP contribution is 2.25. The van der Waals surface area contributed by atoms with Crippen LogP contribution < -0.4 is 10.6 Å². The highest BCUT2D eigenvalue weighted by Gasteiger charge is 2.17. The van der Waals surface area contributed by atoms with E-state index in [1.54, 1.807) is 6.07 Å². The minimum atomic E-state index is -0.214. The average Bonchev–Trinajstić information content (AvgIpc) is 2.53. The molecule has 6 heteroatoms. The Balaban J connectivity index is 0.00000192. The van der Waals surface area contributed by atoms with E-state index in [0.29, 0.717) is 12.5 Å². The first-order chi connectivity index (χ1) is 10.7. The van der Waals surface area contributed by atoms with Crippen LogP contribution in [0.4, 0.5) is 10.2 Å². The molecule has 1 aliphatic heterocycles. The van der Waals surface area contributed by atoms with E-state index in [9.17, 15) is 4.39 Å². The number of hydrogen-bond acceptors (Lipinski definition) is 4. The number of hydrogen-bond donors (Lipinski definition) is 2. The van der Waals surface area contributed by atoms with Crippen LogP contribution in [0.3, 0.4) is 0 Å². The maximum absolute atomic E-state index is 13.2. The van der Waals surface area contributed by atoms with Gasteiger partial charge < -0.3 is 10.6 Å². The molecule has 0 saturated carbocycles. The molecule has 0 radical (unpaired) electrons. The van der Waals surface area contributed by atoms with Crippen LogP contribution in [0.15, 0.2) is 30.3 Å². The molecule has 124 valence electrons. The van der Waals surface area contributed by atoms with Gasteiger partial charge in [0.1, 0.15) is 17.5 Å². The highest BCUT2D eigenvalue weighted by atomic mass is 35.5. The van der Waals surface area contributed by atoms with Crippen molar-refractivity contribution in [2.24, 2.45) is 0 Å². The number of halogens is 2. The third kappa shape index (κ3) is 4.88.